The molecule has 6 heteroatoms. The van der Waals surface area contributed by atoms with E-state index in [9.17, 15) is 13.2 Å². The van der Waals surface area contributed by atoms with Crippen molar-refractivity contribution in [2.75, 3.05) is 18.1 Å². The summed E-state index contributed by atoms with van der Waals surface area (Å²) < 4.78 is 23.7. The van der Waals surface area contributed by atoms with Gasteiger partial charge in [-0.1, -0.05) is 62.4 Å². The highest BCUT2D eigenvalue weighted by molar-refractivity contribution is 7.91. The van der Waals surface area contributed by atoms with Crippen LogP contribution in [-0.2, 0) is 16.3 Å². The minimum Gasteiger partial charge on any atom is -0.351 e. The maximum atomic E-state index is 13.3. The van der Waals surface area contributed by atoms with Crippen molar-refractivity contribution in [2.45, 2.75) is 26.7 Å². The fourth-order valence-electron chi connectivity index (χ4n) is 4.30. The Morgan fingerprint density at radius 2 is 1.81 bits per heavy atom. The fraction of sp³-hybridized carbons (Fsp3) is 0.308. The first-order valence-electron chi connectivity index (χ1n) is 11.0. The number of allylic oxidation sites excluding steroid dienone is 1. The zero-order valence-corrected chi connectivity index (χ0v) is 19.3. The highest BCUT2D eigenvalue weighted by Gasteiger charge is 2.28. The third-order valence-electron chi connectivity index (χ3n) is 5.92. The maximum absolute atomic E-state index is 13.3. The number of rotatable bonds is 6. The summed E-state index contributed by atoms with van der Waals surface area (Å²) in [6, 6.07) is 17.8. The van der Waals surface area contributed by atoms with Crippen molar-refractivity contribution < 1.29 is 13.2 Å². The number of aromatic nitrogens is 1. The molecule has 0 saturated heterocycles. The van der Waals surface area contributed by atoms with Crippen LogP contribution in [-0.4, -0.2) is 37.4 Å². The summed E-state index contributed by atoms with van der Waals surface area (Å²) in [7, 11) is -3.15. The van der Waals surface area contributed by atoms with Crippen LogP contribution in [0.1, 0.15) is 47.4 Å². The Labute approximate surface area is 189 Å². The van der Waals surface area contributed by atoms with Crippen molar-refractivity contribution in [1.29, 1.82) is 0 Å². The van der Waals surface area contributed by atoms with Crippen LogP contribution < -0.4 is 5.32 Å². The van der Waals surface area contributed by atoms with Crippen molar-refractivity contribution in [3.63, 3.8) is 0 Å². The number of fused-ring (bicyclic) bond motifs is 2. The molecule has 0 bridgehead atoms. The van der Waals surface area contributed by atoms with Crippen molar-refractivity contribution in [1.82, 2.24) is 10.3 Å². The van der Waals surface area contributed by atoms with E-state index < -0.39 is 9.84 Å². The van der Waals surface area contributed by atoms with Gasteiger partial charge in [-0.15, -0.1) is 0 Å². The van der Waals surface area contributed by atoms with Crippen LogP contribution in [0.3, 0.4) is 0 Å². The summed E-state index contributed by atoms with van der Waals surface area (Å²) in [4.78, 5) is 18.3. The quantitative estimate of drug-likeness (QED) is 0.601. The van der Waals surface area contributed by atoms with Crippen LogP contribution in [0, 0.1) is 5.92 Å². The number of pyridine rings is 1. The van der Waals surface area contributed by atoms with Gasteiger partial charge in [0.15, 0.2) is 9.84 Å². The molecular formula is C26H28N2O3S. The zero-order chi connectivity index (χ0) is 22.7. The monoisotopic (exact) mass is 448 g/mol. The number of nitrogens with zero attached hydrogens (tertiary/aromatic N) is 1. The Morgan fingerprint density at radius 3 is 2.56 bits per heavy atom. The minimum atomic E-state index is -3.15. The van der Waals surface area contributed by atoms with Gasteiger partial charge in [0.2, 0.25) is 0 Å². The van der Waals surface area contributed by atoms with E-state index in [1.807, 2.05) is 42.5 Å². The molecule has 1 amide bonds. The van der Waals surface area contributed by atoms with E-state index in [0.29, 0.717) is 11.5 Å². The SMILES string of the molecule is CCS(=O)(=O)CCNC(=O)c1c2c(nc3ccccc13)/C(=C\c1ccccc1)CC(C)C2. The second-order valence-corrected chi connectivity index (χ2v) is 10.9. The predicted molar refractivity (Wildman–Crippen MR) is 130 cm³/mol. The third kappa shape index (κ3) is 4.75. The van der Waals surface area contributed by atoms with E-state index in [-0.39, 0.29) is 24.0 Å². The fourth-order valence-corrected chi connectivity index (χ4v) is 5.00. The number of benzene rings is 2. The lowest BCUT2D eigenvalue weighted by atomic mass is 9.80. The third-order valence-corrected chi connectivity index (χ3v) is 7.63. The van der Waals surface area contributed by atoms with E-state index >= 15 is 0 Å². The Hall–Kier alpha value is -2.99. The van der Waals surface area contributed by atoms with Gasteiger partial charge in [-0.3, -0.25) is 4.79 Å². The van der Waals surface area contributed by atoms with E-state index in [0.717, 1.165) is 46.1 Å². The van der Waals surface area contributed by atoms with Crippen LogP contribution >= 0.6 is 0 Å². The molecule has 1 atom stereocenters. The number of carbonyl (C=O) groups excluding carboxylic acids is 1. The second kappa shape index (κ2) is 9.25. The van der Waals surface area contributed by atoms with Gasteiger partial charge in [0, 0.05) is 17.7 Å². The maximum Gasteiger partial charge on any atom is 0.252 e. The molecule has 0 spiro atoms. The van der Waals surface area contributed by atoms with Crippen LogP contribution in [0.15, 0.2) is 54.6 Å². The number of carbonyl (C=O) groups is 1. The molecule has 1 aliphatic rings. The molecule has 2 aromatic carbocycles. The predicted octanol–water partition coefficient (Wildman–Crippen LogP) is 4.52. The van der Waals surface area contributed by atoms with Gasteiger partial charge >= 0.3 is 0 Å². The molecule has 0 radical (unpaired) electrons. The topological polar surface area (TPSA) is 76.1 Å². The van der Waals surface area contributed by atoms with Gasteiger partial charge < -0.3 is 5.32 Å². The molecule has 1 aromatic heterocycles. The van der Waals surface area contributed by atoms with Gasteiger partial charge in [0.1, 0.15) is 0 Å². The average Bonchev–Trinajstić information content (AvgIpc) is 2.78. The molecule has 0 fully saturated rings. The molecule has 1 unspecified atom stereocenters. The van der Waals surface area contributed by atoms with Crippen molar-refractivity contribution in [3.8, 4) is 0 Å². The van der Waals surface area contributed by atoms with Gasteiger partial charge in [-0.05, 0) is 47.6 Å². The standard InChI is InChI=1S/C26H28N2O3S/c1-3-32(30,31)14-13-27-26(29)24-21-11-7-8-12-23(21)28-25-20(15-18(2)16-22(24)25)17-19-9-5-4-6-10-19/h4-12,17-18H,3,13-16H2,1-2H3,(H,27,29)/b20-17-. The molecular weight excluding hydrogens is 420 g/mol. The smallest absolute Gasteiger partial charge is 0.252 e. The summed E-state index contributed by atoms with van der Waals surface area (Å²) in [5.41, 5.74) is 5.43. The lowest BCUT2D eigenvalue weighted by molar-refractivity contribution is 0.0956. The molecule has 166 valence electrons. The number of sulfone groups is 1. The molecule has 0 aliphatic heterocycles. The number of para-hydroxylation sites is 1. The van der Waals surface area contributed by atoms with E-state index in [1.165, 1.54) is 0 Å². The van der Waals surface area contributed by atoms with Crippen LogP contribution in [0.25, 0.3) is 22.6 Å². The van der Waals surface area contributed by atoms with Crippen LogP contribution in [0.4, 0.5) is 0 Å². The number of nitrogens with one attached hydrogen (secondary N) is 1. The molecule has 3 aromatic rings. The van der Waals surface area contributed by atoms with Gasteiger partial charge in [-0.25, -0.2) is 13.4 Å². The summed E-state index contributed by atoms with van der Waals surface area (Å²) in [6.07, 6.45) is 3.81. The van der Waals surface area contributed by atoms with E-state index in [2.05, 4.69) is 30.4 Å². The first kappa shape index (κ1) is 22.2. The molecule has 5 nitrogen and oxygen atoms in total. The zero-order valence-electron chi connectivity index (χ0n) is 18.5. The summed E-state index contributed by atoms with van der Waals surface area (Å²) in [5.74, 6) is 0.143. The molecule has 4 rings (SSSR count). The Bertz CT molecular complexity index is 1280. The first-order valence-corrected chi connectivity index (χ1v) is 12.9. The molecule has 0 saturated carbocycles. The number of hydrogen-bond acceptors (Lipinski definition) is 4. The molecule has 1 N–H and O–H groups in total. The van der Waals surface area contributed by atoms with Crippen LogP contribution in [0.5, 0.6) is 0 Å². The van der Waals surface area contributed by atoms with Crippen molar-refractivity contribution in [3.05, 3.63) is 77.0 Å². The van der Waals surface area contributed by atoms with Gasteiger partial charge in [0.05, 0.1) is 22.5 Å². The number of hydrogen-bond donors (Lipinski definition) is 1. The van der Waals surface area contributed by atoms with Crippen molar-refractivity contribution >= 4 is 38.3 Å². The highest BCUT2D eigenvalue weighted by atomic mass is 32.2. The Kier molecular flexibility index (Phi) is 6.42. The number of amides is 1. The average molecular weight is 449 g/mol. The normalized spacial score (nSPS) is 17.3. The highest BCUT2D eigenvalue weighted by Crippen LogP contribution is 2.38. The minimum absolute atomic E-state index is 0.0595. The van der Waals surface area contributed by atoms with Gasteiger partial charge in [-0.2, -0.15) is 0 Å². The molecule has 32 heavy (non-hydrogen) atoms. The van der Waals surface area contributed by atoms with Crippen LogP contribution in [0.2, 0.25) is 0 Å². The van der Waals surface area contributed by atoms with Gasteiger partial charge in [0.25, 0.3) is 5.91 Å². The lowest BCUT2D eigenvalue weighted by Crippen LogP contribution is -2.31. The summed E-state index contributed by atoms with van der Waals surface area (Å²) in [5, 5.41) is 3.65. The summed E-state index contributed by atoms with van der Waals surface area (Å²) in [6.45, 7) is 3.90. The lowest BCUT2D eigenvalue weighted by Gasteiger charge is -2.27. The Balaban J connectivity index is 1.80. The Morgan fingerprint density at radius 1 is 1.09 bits per heavy atom. The summed E-state index contributed by atoms with van der Waals surface area (Å²) >= 11 is 0. The van der Waals surface area contributed by atoms with Crippen molar-refractivity contribution in [2.24, 2.45) is 5.92 Å². The second-order valence-electron chi connectivity index (χ2n) is 8.42. The molecule has 1 heterocycles. The van der Waals surface area contributed by atoms with E-state index in [1.54, 1.807) is 6.92 Å². The largest absolute Gasteiger partial charge is 0.351 e. The molecule has 1 aliphatic carbocycles. The van der Waals surface area contributed by atoms with E-state index in [4.69, 9.17) is 4.98 Å². The first-order chi connectivity index (χ1) is 15.4.